The molecule has 114 valence electrons. The van der Waals surface area contributed by atoms with Crippen molar-refractivity contribution in [3.05, 3.63) is 29.0 Å². The number of ether oxygens (including phenoxy) is 1. The molecule has 2 rings (SSSR count). The lowest BCUT2D eigenvalue weighted by atomic mass is 10.0. The number of methoxy groups -OCH3 is 1. The second-order valence-electron chi connectivity index (χ2n) is 4.89. The molecule has 1 aliphatic rings. The van der Waals surface area contributed by atoms with Crippen LogP contribution in [-0.2, 0) is 9.53 Å². The van der Waals surface area contributed by atoms with Crippen LogP contribution in [0.3, 0.4) is 0 Å². The van der Waals surface area contributed by atoms with Crippen molar-refractivity contribution in [2.45, 2.75) is 25.3 Å². The highest BCUT2D eigenvalue weighted by molar-refractivity contribution is 6.33. The summed E-state index contributed by atoms with van der Waals surface area (Å²) in [5, 5.41) is 5.38. The Labute approximate surface area is 126 Å². The van der Waals surface area contributed by atoms with Gasteiger partial charge in [-0.3, -0.25) is 4.79 Å². The Kier molecular flexibility index (Phi) is 5.01. The minimum Gasteiger partial charge on any atom is -0.469 e. The second-order valence-corrected chi connectivity index (χ2v) is 5.30. The van der Waals surface area contributed by atoms with Crippen LogP contribution in [0.1, 0.15) is 19.3 Å². The monoisotopic (exact) mass is 314 g/mol. The molecule has 7 heteroatoms. The van der Waals surface area contributed by atoms with Gasteiger partial charge in [0.25, 0.3) is 0 Å². The van der Waals surface area contributed by atoms with Gasteiger partial charge in [-0.25, -0.2) is 9.18 Å². The molecule has 1 aromatic rings. The van der Waals surface area contributed by atoms with E-state index in [1.807, 2.05) is 0 Å². The van der Waals surface area contributed by atoms with Crippen LogP contribution >= 0.6 is 11.6 Å². The van der Waals surface area contributed by atoms with Gasteiger partial charge >= 0.3 is 12.0 Å². The number of hydrogen-bond donors (Lipinski definition) is 2. The average Bonchev–Trinajstić information content (AvgIpc) is 2.89. The smallest absolute Gasteiger partial charge is 0.319 e. The molecule has 0 aromatic heterocycles. The van der Waals surface area contributed by atoms with E-state index in [4.69, 9.17) is 16.3 Å². The summed E-state index contributed by atoms with van der Waals surface area (Å²) < 4.78 is 17.7. The number of rotatable bonds is 3. The van der Waals surface area contributed by atoms with Crippen molar-refractivity contribution in [2.75, 3.05) is 12.4 Å². The van der Waals surface area contributed by atoms with E-state index >= 15 is 0 Å². The van der Waals surface area contributed by atoms with Crippen LogP contribution in [0.5, 0.6) is 0 Å². The van der Waals surface area contributed by atoms with Gasteiger partial charge in [0.1, 0.15) is 5.82 Å². The summed E-state index contributed by atoms with van der Waals surface area (Å²) in [6.07, 6.45) is 2.25. The molecule has 0 spiro atoms. The Morgan fingerprint density at radius 3 is 2.81 bits per heavy atom. The third-order valence-corrected chi connectivity index (χ3v) is 3.83. The largest absolute Gasteiger partial charge is 0.469 e. The van der Waals surface area contributed by atoms with E-state index in [9.17, 15) is 14.0 Å². The SMILES string of the molecule is COC(=O)[C@H]1CCC[C@@H]1NC(=O)Nc1ccc(F)cc1Cl. The molecule has 0 bridgehead atoms. The van der Waals surface area contributed by atoms with Crippen LogP contribution in [-0.4, -0.2) is 25.2 Å². The first kappa shape index (κ1) is 15.6. The van der Waals surface area contributed by atoms with Gasteiger partial charge in [-0.1, -0.05) is 18.0 Å². The van der Waals surface area contributed by atoms with Crippen LogP contribution < -0.4 is 10.6 Å². The van der Waals surface area contributed by atoms with E-state index in [1.54, 1.807) is 0 Å². The zero-order chi connectivity index (χ0) is 15.4. The van der Waals surface area contributed by atoms with Crippen molar-refractivity contribution in [3.8, 4) is 0 Å². The predicted octanol–water partition coefficient (Wildman–Crippen LogP) is 2.94. The fourth-order valence-electron chi connectivity index (χ4n) is 2.48. The van der Waals surface area contributed by atoms with Gasteiger partial charge in [-0.05, 0) is 31.0 Å². The molecular formula is C14H16ClFN2O3. The number of nitrogens with one attached hydrogen (secondary N) is 2. The summed E-state index contributed by atoms with van der Waals surface area (Å²) in [6.45, 7) is 0. The molecule has 1 aromatic carbocycles. The fourth-order valence-corrected chi connectivity index (χ4v) is 2.70. The van der Waals surface area contributed by atoms with E-state index in [1.165, 1.54) is 19.2 Å². The lowest BCUT2D eigenvalue weighted by Gasteiger charge is -2.19. The number of amides is 2. The lowest BCUT2D eigenvalue weighted by molar-refractivity contribution is -0.145. The molecule has 1 aliphatic carbocycles. The number of urea groups is 1. The summed E-state index contributed by atoms with van der Waals surface area (Å²) in [7, 11) is 1.33. The van der Waals surface area contributed by atoms with Gasteiger partial charge < -0.3 is 15.4 Å². The van der Waals surface area contributed by atoms with Crippen molar-refractivity contribution in [1.82, 2.24) is 5.32 Å². The van der Waals surface area contributed by atoms with Crippen LogP contribution in [0, 0.1) is 11.7 Å². The summed E-state index contributed by atoms with van der Waals surface area (Å²) in [6, 6.07) is 2.95. The number of carbonyl (C=O) groups is 2. The maximum absolute atomic E-state index is 12.9. The van der Waals surface area contributed by atoms with Crippen LogP contribution in [0.25, 0.3) is 0 Å². The molecule has 2 N–H and O–H groups in total. The topological polar surface area (TPSA) is 67.4 Å². The zero-order valence-corrected chi connectivity index (χ0v) is 12.2. The van der Waals surface area contributed by atoms with E-state index in [0.717, 1.165) is 12.5 Å². The maximum Gasteiger partial charge on any atom is 0.319 e. The first-order valence-electron chi connectivity index (χ1n) is 6.61. The first-order chi connectivity index (χ1) is 10.0. The molecule has 0 saturated heterocycles. The molecule has 0 unspecified atom stereocenters. The molecule has 0 aliphatic heterocycles. The Morgan fingerprint density at radius 1 is 1.38 bits per heavy atom. The highest BCUT2D eigenvalue weighted by Gasteiger charge is 2.34. The van der Waals surface area contributed by atoms with Crippen LogP contribution in [0.2, 0.25) is 5.02 Å². The van der Waals surface area contributed by atoms with Crippen LogP contribution in [0.4, 0.5) is 14.9 Å². The van der Waals surface area contributed by atoms with E-state index in [0.29, 0.717) is 18.5 Å². The van der Waals surface area contributed by atoms with Gasteiger partial charge in [0.2, 0.25) is 0 Å². The zero-order valence-electron chi connectivity index (χ0n) is 11.5. The molecule has 0 radical (unpaired) electrons. The number of anilines is 1. The van der Waals surface area contributed by atoms with Gasteiger partial charge in [-0.15, -0.1) is 0 Å². The lowest BCUT2D eigenvalue weighted by Crippen LogP contribution is -2.42. The first-order valence-corrected chi connectivity index (χ1v) is 6.99. The molecule has 21 heavy (non-hydrogen) atoms. The van der Waals surface area contributed by atoms with E-state index in [-0.39, 0.29) is 23.0 Å². The number of halogens is 2. The Hall–Kier alpha value is -1.82. The summed E-state index contributed by atoms with van der Waals surface area (Å²) in [5.74, 6) is -1.13. The van der Waals surface area contributed by atoms with Crippen molar-refractivity contribution in [2.24, 2.45) is 5.92 Å². The molecule has 5 nitrogen and oxygen atoms in total. The predicted molar refractivity (Wildman–Crippen MR) is 76.7 cm³/mol. The summed E-state index contributed by atoms with van der Waals surface area (Å²) in [5.41, 5.74) is 0.309. The molecule has 2 amide bonds. The van der Waals surface area contributed by atoms with Crippen molar-refractivity contribution >= 4 is 29.3 Å². The molecular weight excluding hydrogens is 299 g/mol. The second kappa shape index (κ2) is 6.76. The summed E-state index contributed by atoms with van der Waals surface area (Å²) in [4.78, 5) is 23.5. The molecule has 2 atom stereocenters. The van der Waals surface area contributed by atoms with Gasteiger partial charge in [0.05, 0.1) is 23.7 Å². The number of benzene rings is 1. The highest BCUT2D eigenvalue weighted by Crippen LogP contribution is 2.27. The Balaban J connectivity index is 1.96. The number of esters is 1. The normalized spacial score (nSPS) is 20.9. The molecule has 0 heterocycles. The third-order valence-electron chi connectivity index (χ3n) is 3.52. The van der Waals surface area contributed by atoms with Crippen molar-refractivity contribution < 1.29 is 18.7 Å². The number of hydrogen-bond acceptors (Lipinski definition) is 3. The minimum absolute atomic E-state index is 0.112. The Bertz CT molecular complexity index is 553. The number of carbonyl (C=O) groups excluding carboxylic acids is 2. The van der Waals surface area contributed by atoms with Gasteiger partial charge in [0, 0.05) is 6.04 Å². The average molecular weight is 315 g/mol. The molecule has 1 fully saturated rings. The third kappa shape index (κ3) is 3.85. The van der Waals surface area contributed by atoms with Gasteiger partial charge in [-0.2, -0.15) is 0 Å². The summed E-state index contributed by atoms with van der Waals surface area (Å²) >= 11 is 5.84. The van der Waals surface area contributed by atoms with E-state index < -0.39 is 11.8 Å². The van der Waals surface area contributed by atoms with Crippen molar-refractivity contribution in [1.29, 1.82) is 0 Å². The Morgan fingerprint density at radius 2 is 2.14 bits per heavy atom. The van der Waals surface area contributed by atoms with Gasteiger partial charge in [0.15, 0.2) is 0 Å². The fraction of sp³-hybridized carbons (Fsp3) is 0.429. The standard InChI is InChI=1S/C14H16ClFN2O3/c1-21-13(19)9-3-2-4-11(9)17-14(20)18-12-6-5-8(16)7-10(12)15/h5-7,9,11H,2-4H2,1H3,(H2,17,18,20)/t9-,11-/m0/s1. The van der Waals surface area contributed by atoms with Crippen molar-refractivity contribution in [3.63, 3.8) is 0 Å². The quantitative estimate of drug-likeness (QED) is 0.843. The van der Waals surface area contributed by atoms with E-state index in [2.05, 4.69) is 10.6 Å². The van der Waals surface area contributed by atoms with Crippen LogP contribution in [0.15, 0.2) is 18.2 Å². The minimum atomic E-state index is -0.482. The maximum atomic E-state index is 12.9. The molecule has 1 saturated carbocycles. The highest BCUT2D eigenvalue weighted by atomic mass is 35.5.